The normalized spacial score (nSPS) is 11.2. The van der Waals surface area contributed by atoms with E-state index in [2.05, 4.69) is 4.72 Å². The number of anilines is 1. The van der Waals surface area contributed by atoms with Crippen LogP contribution >= 0.6 is 11.6 Å². The second kappa shape index (κ2) is 6.46. The molecule has 5 nitrogen and oxygen atoms in total. The molecular formula is C15H16ClNO4S. The minimum Gasteiger partial charge on any atom is -0.506 e. The number of sulfonamides is 1. The fourth-order valence-electron chi connectivity index (χ4n) is 1.90. The molecule has 0 atom stereocenters. The quantitative estimate of drug-likeness (QED) is 0.815. The Bertz CT molecular complexity index is 790. The number of hydrogen-bond acceptors (Lipinski definition) is 4. The fourth-order valence-corrected chi connectivity index (χ4v) is 3.22. The van der Waals surface area contributed by atoms with E-state index in [1.165, 1.54) is 30.3 Å². The smallest absolute Gasteiger partial charge is 0.262 e. The van der Waals surface area contributed by atoms with Gasteiger partial charge in [-0.25, -0.2) is 8.42 Å². The fraction of sp³-hybridized carbons (Fsp3) is 0.200. The molecule has 2 aromatic carbocycles. The number of phenols is 1. The Kier molecular flexibility index (Phi) is 4.83. The minimum atomic E-state index is -3.83. The minimum absolute atomic E-state index is 0.0269. The van der Waals surface area contributed by atoms with Crippen LogP contribution in [0.15, 0.2) is 41.3 Å². The molecular weight excluding hydrogens is 326 g/mol. The number of hydrogen-bond donors (Lipinski definition) is 2. The van der Waals surface area contributed by atoms with Crippen molar-refractivity contribution in [3.63, 3.8) is 0 Å². The average Bonchev–Trinajstić information content (AvgIpc) is 2.45. The van der Waals surface area contributed by atoms with Crippen LogP contribution in [0.2, 0.25) is 5.02 Å². The number of aromatic hydroxyl groups is 1. The second-order valence-corrected chi connectivity index (χ2v) is 6.75. The van der Waals surface area contributed by atoms with Gasteiger partial charge in [-0.3, -0.25) is 4.72 Å². The number of phenolic OH excluding ortho intramolecular Hbond substituents is 1. The molecule has 118 valence electrons. The van der Waals surface area contributed by atoms with E-state index in [0.717, 1.165) is 0 Å². The Morgan fingerprint density at radius 3 is 2.59 bits per heavy atom. The monoisotopic (exact) mass is 341 g/mol. The van der Waals surface area contributed by atoms with Crippen molar-refractivity contribution in [2.24, 2.45) is 0 Å². The van der Waals surface area contributed by atoms with Gasteiger partial charge in [0.05, 0.1) is 17.2 Å². The van der Waals surface area contributed by atoms with Crippen molar-refractivity contribution in [2.45, 2.75) is 18.7 Å². The lowest BCUT2D eigenvalue weighted by atomic mass is 10.2. The summed E-state index contributed by atoms with van der Waals surface area (Å²) in [4.78, 5) is 0.0767. The maximum absolute atomic E-state index is 12.4. The van der Waals surface area contributed by atoms with Crippen molar-refractivity contribution in [1.82, 2.24) is 0 Å². The van der Waals surface area contributed by atoms with Crippen LogP contribution < -0.4 is 9.46 Å². The summed E-state index contributed by atoms with van der Waals surface area (Å²) in [7, 11) is -3.83. The molecule has 0 heterocycles. The van der Waals surface area contributed by atoms with Crippen molar-refractivity contribution in [3.8, 4) is 11.5 Å². The number of benzene rings is 2. The molecule has 2 rings (SSSR count). The van der Waals surface area contributed by atoms with Crippen molar-refractivity contribution in [1.29, 1.82) is 0 Å². The van der Waals surface area contributed by atoms with Crippen molar-refractivity contribution < 1.29 is 18.3 Å². The highest BCUT2D eigenvalue weighted by Crippen LogP contribution is 2.29. The maximum atomic E-state index is 12.4. The van der Waals surface area contributed by atoms with E-state index in [1.54, 1.807) is 13.0 Å². The van der Waals surface area contributed by atoms with Gasteiger partial charge < -0.3 is 9.84 Å². The summed E-state index contributed by atoms with van der Waals surface area (Å²) >= 11 is 5.81. The predicted octanol–water partition coefficient (Wildman–Crippen LogP) is 3.55. The lowest BCUT2D eigenvalue weighted by Gasteiger charge is -2.12. The molecule has 0 saturated carbocycles. The molecule has 2 aromatic rings. The number of rotatable bonds is 5. The Labute approximate surface area is 134 Å². The zero-order valence-corrected chi connectivity index (χ0v) is 13.7. The molecule has 0 fully saturated rings. The van der Waals surface area contributed by atoms with Gasteiger partial charge in [-0.05, 0) is 55.8 Å². The highest BCUT2D eigenvalue weighted by Gasteiger charge is 2.17. The lowest BCUT2D eigenvalue weighted by molar-refractivity contribution is 0.337. The first-order chi connectivity index (χ1) is 10.3. The number of aryl methyl sites for hydroxylation is 1. The van der Waals surface area contributed by atoms with Crippen LogP contribution in [0.4, 0.5) is 5.69 Å². The number of halogens is 1. The van der Waals surface area contributed by atoms with Gasteiger partial charge in [-0.2, -0.15) is 0 Å². The molecule has 22 heavy (non-hydrogen) atoms. The third-order valence-electron chi connectivity index (χ3n) is 2.96. The van der Waals surface area contributed by atoms with E-state index >= 15 is 0 Å². The predicted molar refractivity (Wildman–Crippen MR) is 86.3 cm³/mol. The summed E-state index contributed by atoms with van der Waals surface area (Å²) in [6.45, 7) is 4.12. The molecule has 0 unspecified atom stereocenters. The van der Waals surface area contributed by atoms with Gasteiger partial charge in [0, 0.05) is 5.02 Å². The molecule has 0 amide bonds. The molecule has 0 aliphatic heterocycles. The van der Waals surface area contributed by atoms with Crippen molar-refractivity contribution in [3.05, 3.63) is 47.0 Å². The van der Waals surface area contributed by atoms with E-state index in [4.69, 9.17) is 16.3 Å². The molecule has 0 spiro atoms. The van der Waals surface area contributed by atoms with Gasteiger partial charge in [0.15, 0.2) is 0 Å². The summed E-state index contributed by atoms with van der Waals surface area (Å²) in [5, 5.41) is 10.0. The molecule has 0 radical (unpaired) electrons. The van der Waals surface area contributed by atoms with Crippen LogP contribution in [0.5, 0.6) is 11.5 Å². The van der Waals surface area contributed by atoms with E-state index in [-0.39, 0.29) is 16.3 Å². The van der Waals surface area contributed by atoms with Gasteiger partial charge in [-0.15, -0.1) is 0 Å². The van der Waals surface area contributed by atoms with Crippen LogP contribution in [0, 0.1) is 6.92 Å². The van der Waals surface area contributed by atoms with E-state index in [9.17, 15) is 13.5 Å². The van der Waals surface area contributed by atoms with Crippen molar-refractivity contribution >= 4 is 27.3 Å². The number of nitrogens with one attached hydrogen (secondary N) is 1. The van der Waals surface area contributed by atoms with Gasteiger partial charge >= 0.3 is 0 Å². The van der Waals surface area contributed by atoms with Gasteiger partial charge in [0.1, 0.15) is 11.5 Å². The summed E-state index contributed by atoms with van der Waals surface area (Å²) in [6.07, 6.45) is 0. The molecule has 0 aliphatic carbocycles. The second-order valence-electron chi connectivity index (χ2n) is 4.63. The Morgan fingerprint density at radius 1 is 1.23 bits per heavy atom. The largest absolute Gasteiger partial charge is 0.506 e. The van der Waals surface area contributed by atoms with Gasteiger partial charge in [0.2, 0.25) is 0 Å². The summed E-state index contributed by atoms with van der Waals surface area (Å²) in [6, 6.07) is 8.69. The third-order valence-corrected chi connectivity index (χ3v) is 4.56. The standard InChI is InChI=1S/C15H16ClNO4S/c1-3-21-15-7-5-12(8-10(15)2)22(19,20)17-13-9-11(16)4-6-14(13)18/h4-9,17-18H,3H2,1-2H3. The maximum Gasteiger partial charge on any atom is 0.262 e. The highest BCUT2D eigenvalue weighted by molar-refractivity contribution is 7.92. The lowest BCUT2D eigenvalue weighted by Crippen LogP contribution is -2.13. The Balaban J connectivity index is 2.34. The topological polar surface area (TPSA) is 75.6 Å². The van der Waals surface area contributed by atoms with Crippen LogP contribution in [0.25, 0.3) is 0 Å². The summed E-state index contributed by atoms with van der Waals surface area (Å²) in [5.74, 6) is 0.433. The van der Waals surface area contributed by atoms with Crippen LogP contribution in [-0.2, 0) is 10.0 Å². The molecule has 0 saturated heterocycles. The summed E-state index contributed by atoms with van der Waals surface area (Å²) in [5.41, 5.74) is 0.735. The first-order valence-corrected chi connectivity index (χ1v) is 8.44. The third kappa shape index (κ3) is 3.64. The number of ether oxygens (including phenoxy) is 1. The van der Waals surface area contributed by atoms with Crippen LogP contribution in [0.1, 0.15) is 12.5 Å². The van der Waals surface area contributed by atoms with Gasteiger partial charge in [-0.1, -0.05) is 11.6 Å². The zero-order valence-electron chi connectivity index (χ0n) is 12.1. The molecule has 2 N–H and O–H groups in total. The van der Waals surface area contributed by atoms with E-state index in [0.29, 0.717) is 22.9 Å². The SMILES string of the molecule is CCOc1ccc(S(=O)(=O)Nc2cc(Cl)ccc2O)cc1C. The van der Waals surface area contributed by atoms with Crippen LogP contribution in [-0.4, -0.2) is 20.1 Å². The first kappa shape index (κ1) is 16.5. The summed E-state index contributed by atoms with van der Waals surface area (Å²) < 4.78 is 32.5. The Hall–Kier alpha value is -1.92. The van der Waals surface area contributed by atoms with E-state index in [1.807, 2.05) is 6.92 Å². The van der Waals surface area contributed by atoms with E-state index < -0.39 is 10.0 Å². The molecule has 7 heteroatoms. The van der Waals surface area contributed by atoms with Crippen LogP contribution in [0.3, 0.4) is 0 Å². The molecule has 0 aromatic heterocycles. The highest BCUT2D eigenvalue weighted by atomic mass is 35.5. The average molecular weight is 342 g/mol. The van der Waals surface area contributed by atoms with Crippen molar-refractivity contribution in [2.75, 3.05) is 11.3 Å². The molecule has 0 bridgehead atoms. The molecule has 0 aliphatic rings. The Morgan fingerprint density at radius 2 is 1.95 bits per heavy atom. The van der Waals surface area contributed by atoms with Gasteiger partial charge in [0.25, 0.3) is 10.0 Å². The zero-order chi connectivity index (χ0) is 16.3. The first-order valence-electron chi connectivity index (χ1n) is 6.58.